The summed E-state index contributed by atoms with van der Waals surface area (Å²) in [4.78, 5) is 0. The topological polar surface area (TPSA) is 35.2 Å². The summed E-state index contributed by atoms with van der Waals surface area (Å²) in [6, 6.07) is 6.39. The van der Waals surface area contributed by atoms with Gasteiger partial charge in [-0.05, 0) is 65.4 Å². The summed E-state index contributed by atoms with van der Waals surface area (Å²) in [5.74, 6) is 0.930. The van der Waals surface area contributed by atoms with Gasteiger partial charge in [0.05, 0.1) is 7.11 Å². The van der Waals surface area contributed by atoms with Crippen LogP contribution in [0.2, 0.25) is 0 Å². The summed E-state index contributed by atoms with van der Waals surface area (Å²) in [5, 5.41) is 4.25. The first-order valence-electron chi connectivity index (χ1n) is 6.03. The molecular formula is C15H19NOS. The molecule has 0 bridgehead atoms. The average molecular weight is 261 g/mol. The molecule has 0 amide bonds. The van der Waals surface area contributed by atoms with Crippen LogP contribution in [0.4, 0.5) is 0 Å². The number of nitrogens with two attached hydrogens (primary N) is 1. The van der Waals surface area contributed by atoms with Crippen LogP contribution in [0.3, 0.4) is 0 Å². The smallest absolute Gasteiger partial charge is 0.122 e. The number of hydrogen-bond acceptors (Lipinski definition) is 3. The highest BCUT2D eigenvalue weighted by molar-refractivity contribution is 7.07. The van der Waals surface area contributed by atoms with E-state index in [4.69, 9.17) is 10.5 Å². The predicted molar refractivity (Wildman–Crippen MR) is 77.4 cm³/mol. The van der Waals surface area contributed by atoms with E-state index in [2.05, 4.69) is 42.8 Å². The molecule has 2 rings (SSSR count). The van der Waals surface area contributed by atoms with Crippen LogP contribution in [0.25, 0.3) is 0 Å². The van der Waals surface area contributed by atoms with Crippen LogP contribution in [0.1, 0.15) is 28.3 Å². The van der Waals surface area contributed by atoms with Gasteiger partial charge in [0.25, 0.3) is 0 Å². The molecule has 1 aromatic carbocycles. The monoisotopic (exact) mass is 261 g/mol. The van der Waals surface area contributed by atoms with E-state index >= 15 is 0 Å². The fourth-order valence-corrected chi connectivity index (χ4v) is 2.89. The number of hydrogen-bond donors (Lipinski definition) is 1. The predicted octanol–water partition coefficient (Wildman–Crippen LogP) is 3.62. The SMILES string of the molecule is COc1cc(C)c(C(N)Cc2ccsc2)cc1C. The Labute approximate surface area is 112 Å². The van der Waals surface area contributed by atoms with Crippen LogP contribution in [-0.4, -0.2) is 7.11 Å². The van der Waals surface area contributed by atoms with Gasteiger partial charge in [-0.1, -0.05) is 6.07 Å². The lowest BCUT2D eigenvalue weighted by Crippen LogP contribution is -2.14. The van der Waals surface area contributed by atoms with Gasteiger partial charge >= 0.3 is 0 Å². The zero-order valence-electron chi connectivity index (χ0n) is 11.1. The van der Waals surface area contributed by atoms with Crippen LogP contribution >= 0.6 is 11.3 Å². The third-order valence-corrected chi connectivity index (χ3v) is 3.95. The minimum Gasteiger partial charge on any atom is -0.496 e. The summed E-state index contributed by atoms with van der Waals surface area (Å²) < 4.78 is 5.33. The van der Waals surface area contributed by atoms with Crippen molar-refractivity contribution in [2.75, 3.05) is 7.11 Å². The molecule has 18 heavy (non-hydrogen) atoms. The van der Waals surface area contributed by atoms with Crippen LogP contribution in [-0.2, 0) is 6.42 Å². The van der Waals surface area contributed by atoms with Crippen LogP contribution in [0, 0.1) is 13.8 Å². The summed E-state index contributed by atoms with van der Waals surface area (Å²) >= 11 is 1.71. The molecule has 0 spiro atoms. The zero-order chi connectivity index (χ0) is 13.1. The van der Waals surface area contributed by atoms with E-state index in [1.165, 1.54) is 16.7 Å². The molecule has 0 fully saturated rings. The largest absolute Gasteiger partial charge is 0.496 e. The van der Waals surface area contributed by atoms with Crippen molar-refractivity contribution >= 4 is 11.3 Å². The third-order valence-electron chi connectivity index (χ3n) is 3.22. The van der Waals surface area contributed by atoms with Crippen LogP contribution < -0.4 is 10.5 Å². The maximum Gasteiger partial charge on any atom is 0.122 e. The van der Waals surface area contributed by atoms with E-state index in [1.54, 1.807) is 18.4 Å². The third kappa shape index (κ3) is 2.74. The molecule has 0 aliphatic heterocycles. The van der Waals surface area contributed by atoms with Crippen molar-refractivity contribution in [2.45, 2.75) is 26.3 Å². The van der Waals surface area contributed by atoms with Gasteiger partial charge in [0.1, 0.15) is 5.75 Å². The Morgan fingerprint density at radius 3 is 2.67 bits per heavy atom. The highest BCUT2D eigenvalue weighted by Gasteiger charge is 2.12. The number of aryl methyl sites for hydroxylation is 2. The van der Waals surface area contributed by atoms with Crippen molar-refractivity contribution in [3.63, 3.8) is 0 Å². The molecule has 1 aromatic heterocycles. The first-order valence-corrected chi connectivity index (χ1v) is 6.98. The second kappa shape index (κ2) is 5.55. The highest BCUT2D eigenvalue weighted by atomic mass is 32.1. The van der Waals surface area contributed by atoms with E-state index in [1.807, 2.05) is 0 Å². The molecule has 1 unspecified atom stereocenters. The van der Waals surface area contributed by atoms with Crippen molar-refractivity contribution < 1.29 is 4.74 Å². The lowest BCUT2D eigenvalue weighted by Gasteiger charge is -2.17. The molecule has 2 N–H and O–H groups in total. The highest BCUT2D eigenvalue weighted by Crippen LogP contribution is 2.27. The molecule has 1 heterocycles. The Kier molecular flexibility index (Phi) is 4.04. The Bertz CT molecular complexity index is 520. The lowest BCUT2D eigenvalue weighted by molar-refractivity contribution is 0.411. The first-order chi connectivity index (χ1) is 8.61. The maximum absolute atomic E-state index is 6.31. The number of ether oxygens (including phenoxy) is 1. The molecule has 2 aromatic rings. The second-order valence-electron chi connectivity index (χ2n) is 4.62. The Hall–Kier alpha value is -1.32. The molecular weight excluding hydrogens is 242 g/mol. The van der Waals surface area contributed by atoms with E-state index < -0.39 is 0 Å². The Morgan fingerprint density at radius 2 is 2.06 bits per heavy atom. The molecule has 0 aliphatic carbocycles. The van der Waals surface area contributed by atoms with E-state index in [0.717, 1.165) is 17.7 Å². The van der Waals surface area contributed by atoms with Gasteiger partial charge in [-0.3, -0.25) is 0 Å². The number of rotatable bonds is 4. The molecule has 0 saturated carbocycles. The van der Waals surface area contributed by atoms with Crippen molar-refractivity contribution in [1.29, 1.82) is 0 Å². The van der Waals surface area contributed by atoms with Crippen molar-refractivity contribution in [1.82, 2.24) is 0 Å². The number of benzene rings is 1. The minimum absolute atomic E-state index is 0.0456. The van der Waals surface area contributed by atoms with Crippen LogP contribution in [0.15, 0.2) is 29.0 Å². The molecule has 0 radical (unpaired) electrons. The van der Waals surface area contributed by atoms with E-state index in [0.29, 0.717) is 0 Å². The Balaban J connectivity index is 2.25. The molecule has 3 heteroatoms. The fraction of sp³-hybridized carbons (Fsp3) is 0.333. The van der Waals surface area contributed by atoms with Gasteiger partial charge < -0.3 is 10.5 Å². The summed E-state index contributed by atoms with van der Waals surface area (Å²) in [5.41, 5.74) is 11.2. The molecule has 0 aliphatic rings. The van der Waals surface area contributed by atoms with Gasteiger partial charge in [-0.15, -0.1) is 0 Å². The quantitative estimate of drug-likeness (QED) is 0.912. The minimum atomic E-state index is 0.0456. The van der Waals surface area contributed by atoms with Gasteiger partial charge in [0.2, 0.25) is 0 Å². The standard InChI is InChI=1S/C15H19NOS/c1-10-7-15(17-3)11(2)6-13(10)14(16)8-12-4-5-18-9-12/h4-7,9,14H,8,16H2,1-3H3. The van der Waals surface area contributed by atoms with Crippen LogP contribution in [0.5, 0.6) is 5.75 Å². The summed E-state index contributed by atoms with van der Waals surface area (Å²) in [6.45, 7) is 4.14. The summed E-state index contributed by atoms with van der Waals surface area (Å²) in [7, 11) is 1.70. The molecule has 96 valence electrons. The first kappa shape index (κ1) is 13.1. The van der Waals surface area contributed by atoms with Gasteiger partial charge in [0.15, 0.2) is 0 Å². The fourth-order valence-electron chi connectivity index (χ4n) is 2.20. The van der Waals surface area contributed by atoms with Crippen molar-refractivity contribution in [2.24, 2.45) is 5.73 Å². The zero-order valence-corrected chi connectivity index (χ0v) is 11.9. The number of methoxy groups -OCH3 is 1. The molecule has 0 saturated heterocycles. The van der Waals surface area contributed by atoms with Gasteiger partial charge in [-0.25, -0.2) is 0 Å². The normalized spacial score (nSPS) is 12.4. The second-order valence-corrected chi connectivity index (χ2v) is 5.40. The van der Waals surface area contributed by atoms with Crippen molar-refractivity contribution in [3.05, 3.63) is 51.2 Å². The van der Waals surface area contributed by atoms with Gasteiger partial charge in [-0.2, -0.15) is 11.3 Å². The lowest BCUT2D eigenvalue weighted by atomic mass is 9.95. The van der Waals surface area contributed by atoms with E-state index in [-0.39, 0.29) is 6.04 Å². The van der Waals surface area contributed by atoms with Crippen molar-refractivity contribution in [3.8, 4) is 5.75 Å². The number of thiophene rings is 1. The maximum atomic E-state index is 6.31. The van der Waals surface area contributed by atoms with Gasteiger partial charge in [0, 0.05) is 6.04 Å². The Morgan fingerprint density at radius 1 is 1.28 bits per heavy atom. The van der Waals surface area contributed by atoms with E-state index in [9.17, 15) is 0 Å². The summed E-state index contributed by atoms with van der Waals surface area (Å²) in [6.07, 6.45) is 0.885. The molecule has 2 nitrogen and oxygen atoms in total. The molecule has 1 atom stereocenters. The average Bonchev–Trinajstić information content (AvgIpc) is 2.84.